The molecular weight excluding hydrogens is 367 g/mol. The van der Waals surface area contributed by atoms with E-state index in [1.165, 1.54) is 0 Å². The van der Waals surface area contributed by atoms with Crippen LogP contribution in [0.2, 0.25) is 0 Å². The van der Waals surface area contributed by atoms with Gasteiger partial charge in [-0.2, -0.15) is 0 Å². The molecule has 2 N–H and O–H groups in total. The molecule has 10 heteroatoms. The van der Waals surface area contributed by atoms with Crippen molar-refractivity contribution in [2.45, 2.75) is 16.2 Å². The molecular formula is C13H18ClFN2O4S2. The molecule has 2 rings (SSSR count). The van der Waals surface area contributed by atoms with Crippen LogP contribution in [0.25, 0.3) is 0 Å². The smallest absolute Gasteiger partial charge is 0.240 e. The van der Waals surface area contributed by atoms with Crippen LogP contribution in [0.4, 0.5) is 4.39 Å². The fourth-order valence-electron chi connectivity index (χ4n) is 2.05. The number of benzene rings is 1. The van der Waals surface area contributed by atoms with Gasteiger partial charge in [0.25, 0.3) is 0 Å². The van der Waals surface area contributed by atoms with Gasteiger partial charge in [-0.25, -0.2) is 25.9 Å². The van der Waals surface area contributed by atoms with E-state index in [-0.39, 0.29) is 23.8 Å². The van der Waals surface area contributed by atoms with Gasteiger partial charge in [0.1, 0.15) is 10.7 Å². The summed E-state index contributed by atoms with van der Waals surface area (Å²) in [4.78, 5) is -0.820. The molecule has 1 aromatic rings. The van der Waals surface area contributed by atoms with Gasteiger partial charge in [-0.15, -0.1) is 12.4 Å². The monoisotopic (exact) mass is 384 g/mol. The van der Waals surface area contributed by atoms with Crippen LogP contribution in [0.5, 0.6) is 0 Å². The molecule has 0 amide bonds. The van der Waals surface area contributed by atoms with Gasteiger partial charge >= 0.3 is 0 Å². The highest BCUT2D eigenvalue weighted by atomic mass is 35.5. The predicted molar refractivity (Wildman–Crippen MR) is 87.5 cm³/mol. The molecule has 0 aromatic heterocycles. The number of rotatable bonds is 5. The average molecular weight is 385 g/mol. The molecule has 0 aliphatic carbocycles. The normalized spacial score (nSPS) is 15.7. The van der Waals surface area contributed by atoms with Crippen LogP contribution >= 0.6 is 12.4 Å². The van der Waals surface area contributed by atoms with Gasteiger partial charge in [-0.1, -0.05) is 11.6 Å². The molecule has 0 atom stereocenters. The third-order valence-corrected chi connectivity index (χ3v) is 5.79. The molecule has 1 aliphatic heterocycles. The van der Waals surface area contributed by atoms with Crippen LogP contribution < -0.4 is 10.0 Å². The number of hydrogen-bond donors (Lipinski definition) is 2. The largest absolute Gasteiger partial charge is 0.313 e. The lowest BCUT2D eigenvalue weighted by Gasteiger charge is -2.15. The lowest BCUT2D eigenvalue weighted by Crippen LogP contribution is -2.29. The Bertz CT molecular complexity index is 807. The molecule has 1 aromatic carbocycles. The Morgan fingerprint density at radius 1 is 1.26 bits per heavy atom. The quantitative estimate of drug-likeness (QED) is 0.734. The first-order chi connectivity index (χ1) is 10.2. The zero-order valence-electron chi connectivity index (χ0n) is 12.4. The van der Waals surface area contributed by atoms with Gasteiger partial charge in [-0.3, -0.25) is 0 Å². The molecule has 0 saturated heterocycles. The number of nitrogens with one attached hydrogen (secondary N) is 2. The van der Waals surface area contributed by atoms with Crippen molar-refractivity contribution in [2.24, 2.45) is 0 Å². The van der Waals surface area contributed by atoms with Crippen LogP contribution in [-0.2, 0) is 19.9 Å². The Hall–Kier alpha value is -1.00. The van der Waals surface area contributed by atoms with Gasteiger partial charge in [0.2, 0.25) is 10.0 Å². The lowest BCUT2D eigenvalue weighted by atomic mass is 10.1. The first-order valence-corrected chi connectivity index (χ1v) is 9.95. The third kappa shape index (κ3) is 5.25. The predicted octanol–water partition coefficient (Wildman–Crippen LogP) is 0.849. The van der Waals surface area contributed by atoms with E-state index >= 15 is 0 Å². The first-order valence-electron chi connectivity index (χ1n) is 6.58. The van der Waals surface area contributed by atoms with Gasteiger partial charge in [0, 0.05) is 19.3 Å². The second-order valence-electron chi connectivity index (χ2n) is 5.01. The second-order valence-corrected chi connectivity index (χ2v) is 8.76. The average Bonchev–Trinajstić information content (AvgIpc) is 2.45. The van der Waals surface area contributed by atoms with Gasteiger partial charge < -0.3 is 5.32 Å². The van der Waals surface area contributed by atoms with E-state index in [0.29, 0.717) is 6.54 Å². The van der Waals surface area contributed by atoms with Crippen LogP contribution in [-0.4, -0.2) is 42.7 Å². The molecule has 0 fully saturated rings. The highest BCUT2D eigenvalue weighted by Crippen LogP contribution is 2.19. The Balaban J connectivity index is 0.00000264. The molecule has 1 aliphatic rings. The standard InChI is InChI=1S/C13H17FN2O4S2.ClH/c1-21(17,18)13-3-2-11(8-12(13)14)22(19,20)16-9-10-4-6-15-7-5-10;/h2-4,8,15-16H,5-7,9H2,1H3;1H. The summed E-state index contributed by atoms with van der Waals surface area (Å²) in [5.74, 6) is -1.08. The Labute approximate surface area is 141 Å². The van der Waals surface area contributed by atoms with Crippen molar-refractivity contribution in [1.29, 1.82) is 0 Å². The minimum atomic E-state index is -3.89. The fourth-order valence-corrected chi connectivity index (χ4v) is 3.83. The molecule has 0 spiro atoms. The first kappa shape index (κ1) is 20.0. The number of sulfonamides is 1. The Morgan fingerprint density at radius 2 is 1.96 bits per heavy atom. The van der Waals surface area contributed by atoms with E-state index in [1.807, 2.05) is 6.08 Å². The highest BCUT2D eigenvalue weighted by Gasteiger charge is 2.20. The molecule has 6 nitrogen and oxygen atoms in total. The van der Waals surface area contributed by atoms with Crippen molar-refractivity contribution in [1.82, 2.24) is 10.0 Å². The van der Waals surface area contributed by atoms with Crippen molar-refractivity contribution in [3.63, 3.8) is 0 Å². The zero-order valence-corrected chi connectivity index (χ0v) is 14.8. The maximum absolute atomic E-state index is 13.8. The van der Waals surface area contributed by atoms with E-state index in [4.69, 9.17) is 0 Å². The summed E-state index contributed by atoms with van der Waals surface area (Å²) in [5, 5.41) is 3.11. The number of sulfone groups is 1. The summed E-state index contributed by atoms with van der Waals surface area (Å²) in [6.45, 7) is 1.62. The summed E-state index contributed by atoms with van der Waals surface area (Å²) in [7, 11) is -7.62. The zero-order chi connectivity index (χ0) is 16.4. The van der Waals surface area contributed by atoms with E-state index in [1.54, 1.807) is 0 Å². The molecule has 1 heterocycles. The van der Waals surface area contributed by atoms with E-state index < -0.39 is 30.6 Å². The van der Waals surface area contributed by atoms with Crippen molar-refractivity contribution in [2.75, 3.05) is 25.9 Å². The van der Waals surface area contributed by atoms with Crippen LogP contribution in [0.3, 0.4) is 0 Å². The molecule has 0 saturated carbocycles. The minimum absolute atomic E-state index is 0. The molecule has 23 heavy (non-hydrogen) atoms. The second kappa shape index (κ2) is 7.71. The van der Waals surface area contributed by atoms with Crippen LogP contribution in [0, 0.1) is 5.82 Å². The summed E-state index contributed by atoms with van der Waals surface area (Å²) in [6, 6.07) is 2.76. The fraction of sp³-hybridized carbons (Fsp3) is 0.385. The molecule has 0 unspecified atom stereocenters. The third-order valence-electron chi connectivity index (χ3n) is 3.26. The molecule has 0 radical (unpaired) electrons. The van der Waals surface area contributed by atoms with Gasteiger partial charge in [-0.05, 0) is 31.2 Å². The Morgan fingerprint density at radius 3 is 2.48 bits per heavy atom. The number of halogens is 2. The topological polar surface area (TPSA) is 92.3 Å². The molecule has 130 valence electrons. The highest BCUT2D eigenvalue weighted by molar-refractivity contribution is 7.90. The Kier molecular flexibility index (Phi) is 6.72. The minimum Gasteiger partial charge on any atom is -0.313 e. The summed E-state index contributed by atoms with van der Waals surface area (Å²) < 4.78 is 63.1. The van der Waals surface area contributed by atoms with Crippen molar-refractivity contribution < 1.29 is 21.2 Å². The van der Waals surface area contributed by atoms with E-state index in [9.17, 15) is 21.2 Å². The van der Waals surface area contributed by atoms with E-state index in [0.717, 1.165) is 43.0 Å². The van der Waals surface area contributed by atoms with Crippen LogP contribution in [0.1, 0.15) is 6.42 Å². The maximum Gasteiger partial charge on any atom is 0.240 e. The number of hydrogen-bond acceptors (Lipinski definition) is 5. The van der Waals surface area contributed by atoms with Gasteiger partial charge in [0.15, 0.2) is 9.84 Å². The molecule has 0 bridgehead atoms. The van der Waals surface area contributed by atoms with Crippen molar-refractivity contribution in [3.8, 4) is 0 Å². The summed E-state index contributed by atoms with van der Waals surface area (Å²) in [5.41, 5.74) is 0.954. The summed E-state index contributed by atoms with van der Waals surface area (Å²) in [6.07, 6.45) is 3.50. The maximum atomic E-state index is 13.8. The van der Waals surface area contributed by atoms with Crippen molar-refractivity contribution in [3.05, 3.63) is 35.7 Å². The van der Waals surface area contributed by atoms with E-state index in [2.05, 4.69) is 10.0 Å². The van der Waals surface area contributed by atoms with Crippen LogP contribution in [0.15, 0.2) is 39.6 Å². The summed E-state index contributed by atoms with van der Waals surface area (Å²) >= 11 is 0. The lowest BCUT2D eigenvalue weighted by molar-refractivity contribution is 0.561. The van der Waals surface area contributed by atoms with Crippen molar-refractivity contribution >= 4 is 32.3 Å². The van der Waals surface area contributed by atoms with Gasteiger partial charge in [0.05, 0.1) is 4.90 Å². The SMILES string of the molecule is CS(=O)(=O)c1ccc(S(=O)(=O)NCC2=CCNCC2)cc1F.Cl.